The summed E-state index contributed by atoms with van der Waals surface area (Å²) in [5, 5.41) is 4.70. The van der Waals surface area contributed by atoms with Crippen molar-refractivity contribution in [2.45, 2.75) is 19.9 Å². The van der Waals surface area contributed by atoms with Crippen LogP contribution in [0.25, 0.3) is 0 Å². The zero-order chi connectivity index (χ0) is 20.7. The van der Waals surface area contributed by atoms with Gasteiger partial charge in [-0.2, -0.15) is 0 Å². The number of thiazole rings is 1. The molecule has 1 heterocycles. The molecule has 0 atom stereocenters. The van der Waals surface area contributed by atoms with Crippen molar-refractivity contribution in [3.63, 3.8) is 0 Å². The molecule has 0 spiro atoms. The largest absolute Gasteiger partial charge is 0.456 e. The Kier molecular flexibility index (Phi) is 7.77. The lowest BCUT2D eigenvalue weighted by atomic mass is 10.3. The number of hydrogen-bond acceptors (Lipinski definition) is 6. The number of nitrogens with zero attached hydrogens (tertiary/aromatic N) is 2. The Morgan fingerprint density at radius 2 is 2.00 bits per heavy atom. The number of hydrogen-bond donors (Lipinski definition) is 1. The number of nitrogens with one attached hydrogen (secondary N) is 1. The topological polar surface area (TPSA) is 97.7 Å². The van der Waals surface area contributed by atoms with Crippen LogP contribution in [-0.4, -0.2) is 47.4 Å². The van der Waals surface area contributed by atoms with Crippen molar-refractivity contribution in [1.29, 1.82) is 0 Å². The maximum atomic E-state index is 12.0. The molecule has 0 aliphatic carbocycles. The van der Waals surface area contributed by atoms with E-state index in [0.717, 1.165) is 21.9 Å². The number of ether oxygens (including phenoxy) is 1. The molecule has 10 heteroatoms. The van der Waals surface area contributed by atoms with Crippen molar-refractivity contribution in [3.8, 4) is 0 Å². The predicted molar refractivity (Wildman–Crippen MR) is 107 cm³/mol. The van der Waals surface area contributed by atoms with Gasteiger partial charge in [0, 0.05) is 24.7 Å². The van der Waals surface area contributed by atoms with E-state index >= 15 is 0 Å². The third kappa shape index (κ3) is 6.21. The van der Waals surface area contributed by atoms with Crippen molar-refractivity contribution < 1.29 is 19.1 Å². The van der Waals surface area contributed by atoms with E-state index in [1.54, 1.807) is 36.6 Å². The second kappa shape index (κ2) is 10.0. The first-order valence-corrected chi connectivity index (χ1v) is 9.62. The number of carbonyl (C=O) groups excluding carboxylic acids is 3. The van der Waals surface area contributed by atoms with Crippen LogP contribution < -0.4 is 10.2 Å². The molecule has 2 amide bonds. The fourth-order valence-electron chi connectivity index (χ4n) is 2.26. The minimum atomic E-state index is -0.597. The number of esters is 1. The van der Waals surface area contributed by atoms with E-state index in [9.17, 15) is 19.2 Å². The maximum absolute atomic E-state index is 12.0. The van der Waals surface area contributed by atoms with Crippen molar-refractivity contribution in [2.75, 3.05) is 25.5 Å². The number of aryl methyl sites for hydroxylation is 1. The summed E-state index contributed by atoms with van der Waals surface area (Å²) in [7, 11) is 1.43. The molecule has 0 bridgehead atoms. The van der Waals surface area contributed by atoms with Crippen LogP contribution in [0.4, 0.5) is 5.69 Å². The van der Waals surface area contributed by atoms with Crippen LogP contribution in [0.2, 0.25) is 5.02 Å². The molecule has 2 rings (SSSR count). The summed E-state index contributed by atoms with van der Waals surface area (Å²) in [4.78, 5) is 48.4. The summed E-state index contributed by atoms with van der Waals surface area (Å²) in [6.45, 7) is 1.27. The Morgan fingerprint density at radius 1 is 1.29 bits per heavy atom. The Balaban J connectivity index is 1.74. The Labute approximate surface area is 170 Å². The highest BCUT2D eigenvalue weighted by Crippen LogP contribution is 2.20. The summed E-state index contributed by atoms with van der Waals surface area (Å²) in [5.74, 6) is -1.55. The lowest BCUT2D eigenvalue weighted by Gasteiger charge is -2.17. The van der Waals surface area contributed by atoms with E-state index in [1.807, 2.05) is 0 Å². The summed E-state index contributed by atoms with van der Waals surface area (Å²) in [6.07, 6.45) is -0.0263. The molecule has 0 fully saturated rings. The number of rotatable bonds is 8. The number of carbonyl (C=O) groups is 3. The molecule has 0 unspecified atom stereocenters. The van der Waals surface area contributed by atoms with Crippen LogP contribution >= 0.6 is 22.9 Å². The van der Waals surface area contributed by atoms with E-state index in [2.05, 4.69) is 5.32 Å². The molecule has 1 N–H and O–H groups in total. The first-order valence-electron chi connectivity index (χ1n) is 8.37. The summed E-state index contributed by atoms with van der Waals surface area (Å²) < 4.78 is 6.40. The summed E-state index contributed by atoms with van der Waals surface area (Å²) in [5.41, 5.74) is 1.21. The van der Waals surface area contributed by atoms with Gasteiger partial charge in [0.05, 0.1) is 23.7 Å². The molecular formula is C18H20ClN3O5S. The number of likely N-dealkylation sites (N-methyl/N-ethyl adjacent to an activating group) is 1. The normalized spacial score (nSPS) is 10.4. The smallest absolute Gasteiger partial charge is 0.308 e. The first-order chi connectivity index (χ1) is 13.3. The van der Waals surface area contributed by atoms with Gasteiger partial charge in [0.1, 0.15) is 0 Å². The molecule has 2 aromatic rings. The fourth-order valence-corrected chi connectivity index (χ4v) is 3.20. The van der Waals surface area contributed by atoms with Gasteiger partial charge >= 0.3 is 10.8 Å². The number of aromatic nitrogens is 1. The van der Waals surface area contributed by atoms with Gasteiger partial charge in [-0.05, 0) is 19.1 Å². The molecule has 0 radical (unpaired) electrons. The Hall–Kier alpha value is -2.65. The highest BCUT2D eigenvalue weighted by Gasteiger charge is 2.16. The number of benzene rings is 1. The Bertz CT molecular complexity index is 924. The highest BCUT2D eigenvalue weighted by atomic mass is 35.5. The monoisotopic (exact) mass is 425 g/mol. The predicted octanol–water partition coefficient (Wildman–Crippen LogP) is 1.90. The van der Waals surface area contributed by atoms with Crippen LogP contribution in [0, 0.1) is 6.92 Å². The van der Waals surface area contributed by atoms with Gasteiger partial charge < -0.3 is 19.5 Å². The van der Waals surface area contributed by atoms with E-state index in [-0.39, 0.29) is 24.4 Å². The molecule has 0 aliphatic rings. The average molecular weight is 426 g/mol. The highest BCUT2D eigenvalue weighted by molar-refractivity contribution is 7.07. The average Bonchev–Trinajstić information content (AvgIpc) is 2.97. The van der Waals surface area contributed by atoms with E-state index < -0.39 is 24.4 Å². The van der Waals surface area contributed by atoms with Crippen LogP contribution in [-0.2, 0) is 25.7 Å². The number of amides is 2. The number of anilines is 1. The lowest BCUT2D eigenvalue weighted by Crippen LogP contribution is -2.37. The molecule has 150 valence electrons. The summed E-state index contributed by atoms with van der Waals surface area (Å²) in [6, 6.07) is 6.74. The van der Waals surface area contributed by atoms with Crippen molar-refractivity contribution >= 4 is 46.4 Å². The van der Waals surface area contributed by atoms with Crippen LogP contribution in [0.5, 0.6) is 0 Å². The fraction of sp³-hybridized carbons (Fsp3) is 0.333. The van der Waals surface area contributed by atoms with E-state index in [0.29, 0.717) is 10.7 Å². The SMILES string of the molecule is Cc1csc(=O)n1CCC(=O)OCC(=O)N(C)CC(=O)Nc1ccccc1Cl. The molecule has 28 heavy (non-hydrogen) atoms. The number of halogens is 1. The standard InChI is InChI=1S/C18H20ClN3O5S/c1-12-11-28-18(26)22(12)8-7-17(25)27-10-16(24)21(2)9-15(23)20-14-6-4-3-5-13(14)19/h3-6,11H,7-10H2,1-2H3,(H,20,23). The van der Waals surface area contributed by atoms with Gasteiger partial charge in [-0.15, -0.1) is 0 Å². The quantitative estimate of drug-likeness (QED) is 0.651. The van der Waals surface area contributed by atoms with Gasteiger partial charge in [0.25, 0.3) is 5.91 Å². The zero-order valence-electron chi connectivity index (χ0n) is 15.4. The molecule has 8 nitrogen and oxygen atoms in total. The van der Waals surface area contributed by atoms with Crippen molar-refractivity contribution in [1.82, 2.24) is 9.47 Å². The minimum absolute atomic E-state index is 0.0263. The van der Waals surface area contributed by atoms with Crippen LogP contribution in [0.1, 0.15) is 12.1 Å². The van der Waals surface area contributed by atoms with Gasteiger partial charge in [-0.25, -0.2) is 0 Å². The molecule has 1 aromatic heterocycles. The third-order valence-electron chi connectivity index (χ3n) is 3.83. The van der Waals surface area contributed by atoms with Gasteiger partial charge in [0.15, 0.2) is 6.61 Å². The second-order valence-corrected chi connectivity index (χ2v) is 7.21. The van der Waals surface area contributed by atoms with Crippen LogP contribution in [0.3, 0.4) is 0 Å². The lowest BCUT2D eigenvalue weighted by molar-refractivity contribution is -0.152. The van der Waals surface area contributed by atoms with Gasteiger partial charge in [-0.3, -0.25) is 19.2 Å². The van der Waals surface area contributed by atoms with Crippen LogP contribution in [0.15, 0.2) is 34.4 Å². The van der Waals surface area contributed by atoms with Gasteiger partial charge in [-0.1, -0.05) is 35.1 Å². The minimum Gasteiger partial charge on any atom is -0.456 e. The van der Waals surface area contributed by atoms with Crippen molar-refractivity contribution in [3.05, 3.63) is 50.0 Å². The molecule has 0 saturated heterocycles. The maximum Gasteiger partial charge on any atom is 0.308 e. The van der Waals surface area contributed by atoms with Gasteiger partial charge in [0.2, 0.25) is 5.91 Å². The molecule has 0 aliphatic heterocycles. The molecular weight excluding hydrogens is 406 g/mol. The van der Waals surface area contributed by atoms with Crippen molar-refractivity contribution in [2.24, 2.45) is 0 Å². The first kappa shape index (κ1) is 21.6. The molecule has 0 saturated carbocycles. The van der Waals surface area contributed by atoms with E-state index in [4.69, 9.17) is 16.3 Å². The zero-order valence-corrected chi connectivity index (χ0v) is 17.0. The second-order valence-electron chi connectivity index (χ2n) is 5.98. The molecule has 1 aromatic carbocycles. The third-order valence-corrected chi connectivity index (χ3v) is 5.04. The summed E-state index contributed by atoms with van der Waals surface area (Å²) >= 11 is 7.02. The van der Waals surface area contributed by atoms with E-state index in [1.165, 1.54) is 11.6 Å². The number of para-hydroxylation sites is 1. The Morgan fingerprint density at radius 3 is 2.64 bits per heavy atom.